The smallest absolute Gasteiger partial charge is 0.308 e. The van der Waals surface area contributed by atoms with E-state index < -0.39 is 24.1 Å². The van der Waals surface area contributed by atoms with Crippen LogP contribution in [0.15, 0.2) is 0 Å². The van der Waals surface area contributed by atoms with Crippen LogP contribution in [-0.2, 0) is 14.3 Å². The number of nitrogens with zero attached hydrogens (tertiary/aromatic N) is 1. The van der Waals surface area contributed by atoms with Crippen molar-refractivity contribution in [3.8, 4) is 0 Å². The van der Waals surface area contributed by atoms with Crippen molar-refractivity contribution in [2.45, 2.75) is 57.7 Å². The second-order valence-electron chi connectivity index (χ2n) is 6.51. The molecule has 0 bridgehead atoms. The lowest BCUT2D eigenvalue weighted by atomic mass is 10.1. The molecular formula is C15H29NO5. The summed E-state index contributed by atoms with van der Waals surface area (Å²) in [5, 5.41) is 20.5. The van der Waals surface area contributed by atoms with E-state index >= 15 is 0 Å². The van der Waals surface area contributed by atoms with Gasteiger partial charge in [-0.3, -0.25) is 4.79 Å². The predicted molar refractivity (Wildman–Crippen MR) is 77.2 cm³/mol. The second-order valence-corrected chi connectivity index (χ2v) is 6.51. The summed E-state index contributed by atoms with van der Waals surface area (Å²) in [7, 11) is 5.65. The van der Waals surface area contributed by atoms with Crippen LogP contribution < -0.4 is 5.11 Å². The summed E-state index contributed by atoms with van der Waals surface area (Å²) in [6.45, 7) is 2.45. The molecule has 0 unspecified atom stereocenters. The van der Waals surface area contributed by atoms with Gasteiger partial charge in [0.2, 0.25) is 0 Å². The number of quaternary nitrogens is 1. The third-order valence-corrected chi connectivity index (χ3v) is 2.99. The summed E-state index contributed by atoms with van der Waals surface area (Å²) >= 11 is 0. The van der Waals surface area contributed by atoms with Crippen LogP contribution in [0, 0.1) is 0 Å². The molecule has 0 radical (unpaired) electrons. The van der Waals surface area contributed by atoms with Crippen LogP contribution in [0.1, 0.15) is 45.4 Å². The summed E-state index contributed by atoms with van der Waals surface area (Å²) < 4.78 is 5.66. The molecule has 0 spiro atoms. The molecule has 0 rings (SSSR count). The highest BCUT2D eigenvalue weighted by Gasteiger charge is 2.23. The van der Waals surface area contributed by atoms with E-state index in [2.05, 4.69) is 6.92 Å². The van der Waals surface area contributed by atoms with Crippen molar-refractivity contribution in [1.82, 2.24) is 0 Å². The van der Waals surface area contributed by atoms with Gasteiger partial charge in [-0.05, 0) is 6.42 Å². The fraction of sp³-hybridized carbons (Fsp3) is 0.867. The molecule has 1 N–H and O–H groups in total. The topological polar surface area (TPSA) is 86.7 Å². The van der Waals surface area contributed by atoms with Gasteiger partial charge in [0, 0.05) is 12.4 Å². The average molecular weight is 303 g/mol. The first-order chi connectivity index (χ1) is 9.64. The largest absolute Gasteiger partial charge is 0.550 e. The Morgan fingerprint density at radius 1 is 1.19 bits per heavy atom. The molecule has 6 nitrogen and oxygen atoms in total. The van der Waals surface area contributed by atoms with Crippen LogP contribution in [0.3, 0.4) is 0 Å². The number of likely N-dealkylation sites (N-methyl/N-ethyl adjacent to an activating group) is 1. The molecule has 0 aliphatic rings. The van der Waals surface area contributed by atoms with Gasteiger partial charge in [0.25, 0.3) is 0 Å². The molecule has 2 atom stereocenters. The minimum Gasteiger partial charge on any atom is -0.550 e. The van der Waals surface area contributed by atoms with Crippen molar-refractivity contribution in [2.24, 2.45) is 0 Å². The zero-order chi connectivity index (χ0) is 16.5. The van der Waals surface area contributed by atoms with Crippen LogP contribution in [-0.4, -0.2) is 61.4 Å². The molecule has 0 aromatic carbocycles. The first-order valence-corrected chi connectivity index (χ1v) is 7.52. The van der Waals surface area contributed by atoms with E-state index in [-0.39, 0.29) is 12.8 Å². The highest BCUT2D eigenvalue weighted by Crippen LogP contribution is 2.10. The average Bonchev–Trinajstić information content (AvgIpc) is 2.25. The summed E-state index contributed by atoms with van der Waals surface area (Å²) in [5.41, 5.74) is 0. The first-order valence-electron chi connectivity index (χ1n) is 7.52. The van der Waals surface area contributed by atoms with Crippen molar-refractivity contribution < 1.29 is 29.0 Å². The minimum absolute atomic E-state index is 0.0929. The van der Waals surface area contributed by atoms with E-state index in [4.69, 9.17) is 4.74 Å². The van der Waals surface area contributed by atoms with Gasteiger partial charge >= 0.3 is 5.97 Å². The first kappa shape index (κ1) is 19.9. The Balaban J connectivity index is 4.29. The molecular weight excluding hydrogens is 274 g/mol. The molecule has 6 heteroatoms. The third kappa shape index (κ3) is 12.3. The summed E-state index contributed by atoms with van der Waals surface area (Å²) in [5.74, 6) is -1.80. The molecule has 0 saturated heterocycles. The van der Waals surface area contributed by atoms with Crippen molar-refractivity contribution in [3.63, 3.8) is 0 Å². The van der Waals surface area contributed by atoms with E-state index in [9.17, 15) is 19.8 Å². The molecule has 0 heterocycles. The molecule has 0 aromatic heterocycles. The van der Waals surface area contributed by atoms with Crippen LogP contribution in [0.5, 0.6) is 0 Å². The van der Waals surface area contributed by atoms with Crippen LogP contribution >= 0.6 is 0 Å². The zero-order valence-corrected chi connectivity index (χ0v) is 13.6. The van der Waals surface area contributed by atoms with Gasteiger partial charge in [0.1, 0.15) is 6.54 Å². The maximum absolute atomic E-state index is 11.8. The number of unbranched alkanes of at least 4 members (excludes halogenated alkanes) is 2. The number of aliphatic hydroxyl groups excluding tert-OH is 1. The number of ether oxygens (including phenoxy) is 1. The summed E-state index contributed by atoms with van der Waals surface area (Å²) in [6.07, 6.45) is 1.62. The minimum atomic E-state index is -1.25. The molecule has 0 saturated carbocycles. The number of esters is 1. The predicted octanol–water partition coefficient (Wildman–Crippen LogP) is 0.0757. The monoisotopic (exact) mass is 303 g/mol. The van der Waals surface area contributed by atoms with E-state index in [1.54, 1.807) is 0 Å². The number of rotatable bonds is 11. The fourth-order valence-electron chi connectivity index (χ4n) is 2.10. The Labute approximate surface area is 127 Å². The van der Waals surface area contributed by atoms with Crippen molar-refractivity contribution in [2.75, 3.05) is 27.7 Å². The van der Waals surface area contributed by atoms with Gasteiger partial charge in [-0.1, -0.05) is 26.2 Å². The number of hydrogen-bond acceptors (Lipinski definition) is 5. The van der Waals surface area contributed by atoms with Crippen molar-refractivity contribution >= 4 is 11.9 Å². The van der Waals surface area contributed by atoms with Gasteiger partial charge in [-0.2, -0.15) is 0 Å². The number of aliphatic hydroxyl groups is 1. The molecule has 0 amide bonds. The highest BCUT2D eigenvalue weighted by atomic mass is 16.5. The van der Waals surface area contributed by atoms with Gasteiger partial charge < -0.3 is 24.2 Å². The van der Waals surface area contributed by atoms with Crippen molar-refractivity contribution in [1.29, 1.82) is 0 Å². The summed E-state index contributed by atoms with van der Waals surface area (Å²) in [6, 6.07) is 0. The maximum Gasteiger partial charge on any atom is 0.308 e. The quantitative estimate of drug-likeness (QED) is 0.332. The van der Waals surface area contributed by atoms with E-state index in [0.717, 1.165) is 19.3 Å². The Morgan fingerprint density at radius 3 is 2.29 bits per heavy atom. The lowest BCUT2D eigenvalue weighted by Gasteiger charge is -2.29. The number of carboxylic acid groups (broad SMARTS) is 1. The summed E-state index contributed by atoms with van der Waals surface area (Å²) in [4.78, 5) is 22.5. The maximum atomic E-state index is 11.8. The van der Waals surface area contributed by atoms with Gasteiger partial charge in [0.15, 0.2) is 6.10 Å². The standard InChI is InChI=1S/C15H29NO5/c1-5-6-7-8-12(17)9-15(20)21-13(10-14(18)19)11-16(2,3)4/h12-13,17H,5-11H2,1-4H3/t12-,13+/m0/s1. The zero-order valence-electron chi connectivity index (χ0n) is 13.6. The SMILES string of the molecule is CCCCC[C@H](O)CC(=O)O[C@H](CC(=O)[O-])C[N+](C)(C)C. The van der Waals surface area contributed by atoms with Gasteiger partial charge in [-0.25, -0.2) is 0 Å². The number of carboxylic acids is 1. The Hall–Kier alpha value is -1.14. The van der Waals surface area contributed by atoms with E-state index in [0.29, 0.717) is 17.4 Å². The Kier molecular flexibility index (Phi) is 9.21. The fourth-order valence-corrected chi connectivity index (χ4v) is 2.10. The number of carbonyl (C=O) groups excluding carboxylic acids is 2. The molecule has 0 aliphatic heterocycles. The highest BCUT2D eigenvalue weighted by molar-refractivity contribution is 5.71. The van der Waals surface area contributed by atoms with Gasteiger partial charge in [0.05, 0.1) is 33.7 Å². The lowest BCUT2D eigenvalue weighted by molar-refractivity contribution is -0.873. The van der Waals surface area contributed by atoms with Crippen molar-refractivity contribution in [3.05, 3.63) is 0 Å². The molecule has 0 aromatic rings. The molecule has 0 aliphatic carbocycles. The number of aliphatic carboxylic acids is 1. The lowest BCUT2D eigenvalue weighted by Crippen LogP contribution is -2.45. The second kappa shape index (κ2) is 9.73. The van der Waals surface area contributed by atoms with E-state index in [1.807, 2.05) is 21.1 Å². The number of hydrogen-bond donors (Lipinski definition) is 1. The molecule has 0 fully saturated rings. The van der Waals surface area contributed by atoms with Crippen LogP contribution in [0.25, 0.3) is 0 Å². The Morgan fingerprint density at radius 2 is 1.81 bits per heavy atom. The normalized spacial score (nSPS) is 14.5. The van der Waals surface area contributed by atoms with Crippen LogP contribution in [0.2, 0.25) is 0 Å². The molecule has 21 heavy (non-hydrogen) atoms. The third-order valence-electron chi connectivity index (χ3n) is 2.99. The van der Waals surface area contributed by atoms with E-state index in [1.165, 1.54) is 0 Å². The van der Waals surface area contributed by atoms with Gasteiger partial charge in [-0.15, -0.1) is 0 Å². The molecule has 124 valence electrons. The van der Waals surface area contributed by atoms with Crippen LogP contribution in [0.4, 0.5) is 0 Å². The Bertz CT molecular complexity index is 325. The number of carbonyl (C=O) groups is 2.